The summed E-state index contributed by atoms with van der Waals surface area (Å²) in [5, 5.41) is 0. The number of hydrogen-bond acceptors (Lipinski definition) is 1. The molecule has 101 valence electrons. The maximum atomic E-state index is 12.4. The van der Waals surface area contributed by atoms with Gasteiger partial charge in [0, 0.05) is 13.5 Å². The first kappa shape index (κ1) is 14.8. The number of methoxy groups -OCH3 is 1. The number of halogens is 6. The third-order valence-electron chi connectivity index (χ3n) is 2.10. The third-order valence-corrected chi connectivity index (χ3v) is 2.10. The second-order valence-corrected chi connectivity index (χ2v) is 3.50. The van der Waals surface area contributed by atoms with Crippen molar-refractivity contribution in [1.82, 2.24) is 0 Å². The maximum Gasteiger partial charge on any atom is 0.416 e. The van der Waals surface area contributed by atoms with E-state index in [2.05, 4.69) is 4.74 Å². The first-order chi connectivity index (χ1) is 8.14. The average Bonchev–Trinajstić information content (AvgIpc) is 2.23. The summed E-state index contributed by atoms with van der Waals surface area (Å²) in [4.78, 5) is 0. The Labute approximate surface area is 99.4 Å². The Morgan fingerprint density at radius 3 is 1.72 bits per heavy atom. The molecular weight excluding hydrogens is 262 g/mol. The van der Waals surface area contributed by atoms with Gasteiger partial charge in [-0.2, -0.15) is 26.3 Å². The molecule has 1 aromatic carbocycles. The Kier molecular flexibility index (Phi) is 4.26. The van der Waals surface area contributed by atoms with Crippen LogP contribution in [0.2, 0.25) is 0 Å². The van der Waals surface area contributed by atoms with E-state index in [0.717, 1.165) is 6.42 Å². The van der Waals surface area contributed by atoms with Gasteiger partial charge >= 0.3 is 12.4 Å². The molecule has 0 saturated heterocycles. The molecule has 0 amide bonds. The van der Waals surface area contributed by atoms with Crippen LogP contribution in [0.25, 0.3) is 0 Å². The van der Waals surface area contributed by atoms with Gasteiger partial charge in [-0.25, -0.2) is 0 Å². The molecule has 1 aromatic rings. The van der Waals surface area contributed by atoms with Crippen LogP contribution >= 0.6 is 0 Å². The van der Waals surface area contributed by atoms with Crippen LogP contribution in [-0.2, 0) is 17.1 Å². The zero-order valence-corrected chi connectivity index (χ0v) is 9.19. The Bertz CT molecular complexity index is 375. The van der Waals surface area contributed by atoms with Crippen molar-refractivity contribution < 1.29 is 31.1 Å². The van der Waals surface area contributed by atoms with Gasteiger partial charge in [0.1, 0.15) is 0 Å². The summed E-state index contributed by atoms with van der Waals surface area (Å²) in [5.74, 6) is 0. The summed E-state index contributed by atoms with van der Waals surface area (Å²) in [5.41, 5.74) is -2.85. The first-order valence-corrected chi connectivity index (χ1v) is 4.76. The smallest absolute Gasteiger partial charge is 0.384 e. The number of ether oxygens (including phenoxy) is 1. The largest absolute Gasteiger partial charge is 0.416 e. The van der Waals surface area contributed by atoms with Crippen molar-refractivity contribution in [3.05, 3.63) is 41.3 Å². The fourth-order valence-corrected chi connectivity index (χ4v) is 1.28. The molecule has 0 fully saturated rings. The number of hydrogen-bond donors (Lipinski definition) is 0. The Morgan fingerprint density at radius 2 is 1.39 bits per heavy atom. The highest BCUT2D eigenvalue weighted by atomic mass is 19.4. The number of rotatable bonds is 3. The van der Waals surface area contributed by atoms with Gasteiger partial charge in [0.25, 0.3) is 0 Å². The van der Waals surface area contributed by atoms with Crippen LogP contribution in [0.4, 0.5) is 26.3 Å². The second-order valence-electron chi connectivity index (χ2n) is 3.50. The summed E-state index contributed by atoms with van der Waals surface area (Å²) in [6.45, 7) is -0.0708. The quantitative estimate of drug-likeness (QED) is 0.757. The molecule has 0 spiro atoms. The molecule has 7 heteroatoms. The van der Waals surface area contributed by atoms with Crippen molar-refractivity contribution in [2.24, 2.45) is 0 Å². The lowest BCUT2D eigenvalue weighted by Gasteiger charge is -2.13. The Hall–Kier alpha value is -1.24. The van der Waals surface area contributed by atoms with E-state index < -0.39 is 23.5 Å². The predicted molar refractivity (Wildman–Crippen MR) is 51.7 cm³/mol. The fourth-order valence-electron chi connectivity index (χ4n) is 1.28. The lowest BCUT2D eigenvalue weighted by molar-refractivity contribution is -0.143. The van der Waals surface area contributed by atoms with E-state index in [1.165, 1.54) is 7.11 Å². The van der Waals surface area contributed by atoms with E-state index >= 15 is 0 Å². The van der Waals surface area contributed by atoms with Crippen molar-refractivity contribution in [3.8, 4) is 0 Å². The van der Waals surface area contributed by atoms with Crippen molar-refractivity contribution in [2.45, 2.75) is 12.4 Å². The van der Waals surface area contributed by atoms with Crippen LogP contribution < -0.4 is 0 Å². The minimum Gasteiger partial charge on any atom is -0.384 e. The fraction of sp³-hybridized carbons (Fsp3) is 0.364. The van der Waals surface area contributed by atoms with Gasteiger partial charge in [-0.05, 0) is 23.8 Å². The molecule has 0 N–H and O–H groups in total. The first-order valence-electron chi connectivity index (χ1n) is 4.76. The van der Waals surface area contributed by atoms with Gasteiger partial charge in [0.2, 0.25) is 0 Å². The molecule has 0 aliphatic heterocycles. The predicted octanol–water partition coefficient (Wildman–Crippen LogP) is 3.92. The van der Waals surface area contributed by atoms with E-state index in [4.69, 9.17) is 0 Å². The second kappa shape index (κ2) is 5.17. The van der Waals surface area contributed by atoms with Gasteiger partial charge in [-0.3, -0.25) is 0 Å². The summed E-state index contributed by atoms with van der Waals surface area (Å²) < 4.78 is 79.3. The average molecular weight is 271 g/mol. The molecule has 18 heavy (non-hydrogen) atoms. The molecule has 1 nitrogen and oxygen atoms in total. The Balaban J connectivity index is 3.21. The van der Waals surface area contributed by atoms with Crippen LogP contribution in [0, 0.1) is 6.42 Å². The molecule has 0 heterocycles. The zero-order chi connectivity index (χ0) is 14.0. The van der Waals surface area contributed by atoms with Crippen molar-refractivity contribution >= 4 is 0 Å². The van der Waals surface area contributed by atoms with Crippen LogP contribution in [0.5, 0.6) is 0 Å². The molecule has 0 saturated carbocycles. The molecule has 0 atom stereocenters. The van der Waals surface area contributed by atoms with Crippen LogP contribution in [0.1, 0.15) is 16.7 Å². The molecule has 1 rings (SSSR count). The third kappa shape index (κ3) is 3.90. The normalized spacial score (nSPS) is 12.8. The van der Waals surface area contributed by atoms with Crippen molar-refractivity contribution in [3.63, 3.8) is 0 Å². The summed E-state index contributed by atoms with van der Waals surface area (Å²) in [6.07, 6.45) is -8.50. The van der Waals surface area contributed by atoms with E-state index in [1.54, 1.807) is 0 Å². The van der Waals surface area contributed by atoms with E-state index in [0.29, 0.717) is 12.1 Å². The molecule has 0 unspecified atom stereocenters. The van der Waals surface area contributed by atoms with Gasteiger partial charge in [0.15, 0.2) is 0 Å². The van der Waals surface area contributed by atoms with Crippen LogP contribution in [0.15, 0.2) is 18.2 Å². The van der Waals surface area contributed by atoms with E-state index in [1.807, 2.05) is 0 Å². The highest BCUT2D eigenvalue weighted by Crippen LogP contribution is 2.36. The summed E-state index contributed by atoms with van der Waals surface area (Å²) >= 11 is 0. The molecule has 1 radical (unpaired) electrons. The minimum absolute atomic E-state index is 0.0708. The highest BCUT2D eigenvalue weighted by molar-refractivity contribution is 5.37. The SMILES string of the molecule is COC[CH]c1cc(C(F)(F)F)cc(C(F)(F)F)c1. The molecule has 0 bridgehead atoms. The topological polar surface area (TPSA) is 9.23 Å². The van der Waals surface area contributed by atoms with Gasteiger partial charge in [-0.15, -0.1) is 0 Å². The lowest BCUT2D eigenvalue weighted by atomic mass is 10.0. The monoisotopic (exact) mass is 271 g/mol. The van der Waals surface area contributed by atoms with Gasteiger partial charge < -0.3 is 4.74 Å². The summed E-state index contributed by atoms with van der Waals surface area (Å²) in [7, 11) is 1.29. The summed E-state index contributed by atoms with van der Waals surface area (Å²) in [6, 6.07) is 1.38. The number of alkyl halides is 6. The minimum atomic E-state index is -4.82. The Morgan fingerprint density at radius 1 is 0.944 bits per heavy atom. The molecule has 0 aliphatic carbocycles. The zero-order valence-electron chi connectivity index (χ0n) is 9.19. The van der Waals surface area contributed by atoms with E-state index in [-0.39, 0.29) is 18.2 Å². The maximum absolute atomic E-state index is 12.4. The van der Waals surface area contributed by atoms with Gasteiger partial charge in [-0.1, -0.05) is 0 Å². The molecular formula is C11H9F6O. The standard InChI is InChI=1S/C11H9F6O/c1-18-3-2-7-4-8(10(12,13)14)6-9(5-7)11(15,16)17/h2,4-6H,3H2,1H3. The highest BCUT2D eigenvalue weighted by Gasteiger charge is 2.36. The van der Waals surface area contributed by atoms with Gasteiger partial charge in [0.05, 0.1) is 17.7 Å². The van der Waals surface area contributed by atoms with Crippen molar-refractivity contribution in [1.29, 1.82) is 0 Å². The lowest BCUT2D eigenvalue weighted by Crippen LogP contribution is -2.12. The van der Waals surface area contributed by atoms with Crippen LogP contribution in [0.3, 0.4) is 0 Å². The van der Waals surface area contributed by atoms with Crippen LogP contribution in [-0.4, -0.2) is 13.7 Å². The molecule has 0 aromatic heterocycles. The van der Waals surface area contributed by atoms with E-state index in [9.17, 15) is 26.3 Å². The van der Waals surface area contributed by atoms with Crippen molar-refractivity contribution in [2.75, 3.05) is 13.7 Å². The number of benzene rings is 1. The molecule has 0 aliphatic rings.